The first-order valence-corrected chi connectivity index (χ1v) is 10.3. The molecule has 0 saturated carbocycles. The molecule has 0 unspecified atom stereocenters. The van der Waals surface area contributed by atoms with Crippen LogP contribution in [0, 0.1) is 0 Å². The van der Waals surface area contributed by atoms with Gasteiger partial charge in [0.05, 0.1) is 6.54 Å². The number of aliphatic imine (C=N–C) groups is 1. The average molecular weight is 512 g/mol. The Bertz CT molecular complexity index is 741. The van der Waals surface area contributed by atoms with E-state index in [-0.39, 0.29) is 24.0 Å². The maximum atomic E-state index is 6.01. The molecule has 1 fully saturated rings. The number of aromatic amines is 1. The zero-order chi connectivity index (χ0) is 19.8. The summed E-state index contributed by atoms with van der Waals surface area (Å²) < 4.78 is 6.01. The summed E-state index contributed by atoms with van der Waals surface area (Å²) in [5.41, 5.74) is 1.24. The molecule has 8 heteroatoms. The number of nitrogens with one attached hydrogen (secondary N) is 2. The molecule has 1 aromatic carbocycles. The second kappa shape index (κ2) is 12.0. The van der Waals surface area contributed by atoms with E-state index in [0.29, 0.717) is 25.0 Å². The molecule has 1 saturated heterocycles. The summed E-state index contributed by atoms with van der Waals surface area (Å²) in [7, 11) is 0. The van der Waals surface area contributed by atoms with Crippen LogP contribution in [0.15, 0.2) is 35.6 Å². The normalized spacial score (nSPS) is 15.3. The van der Waals surface area contributed by atoms with E-state index in [4.69, 9.17) is 9.73 Å². The third-order valence-corrected chi connectivity index (χ3v) is 5.10. The fourth-order valence-corrected chi connectivity index (χ4v) is 3.60. The van der Waals surface area contributed by atoms with Gasteiger partial charge in [0.2, 0.25) is 0 Å². The Balaban J connectivity index is 0.00000300. The van der Waals surface area contributed by atoms with Crippen LogP contribution in [-0.2, 0) is 0 Å². The Morgan fingerprint density at radius 2 is 2.07 bits per heavy atom. The molecule has 2 N–H and O–H groups in total. The van der Waals surface area contributed by atoms with Gasteiger partial charge in [0.25, 0.3) is 0 Å². The number of hydrogen-bond donors (Lipinski definition) is 2. The Hall–Kier alpha value is -1.84. The molecular weight excluding hydrogens is 479 g/mol. The van der Waals surface area contributed by atoms with Crippen molar-refractivity contribution in [3.05, 3.63) is 42.0 Å². The van der Waals surface area contributed by atoms with Gasteiger partial charge in [0, 0.05) is 25.6 Å². The highest BCUT2D eigenvalue weighted by Gasteiger charge is 2.24. The van der Waals surface area contributed by atoms with E-state index in [9.17, 15) is 0 Å². The van der Waals surface area contributed by atoms with Crippen molar-refractivity contribution in [1.29, 1.82) is 0 Å². The Morgan fingerprint density at radius 1 is 1.31 bits per heavy atom. The summed E-state index contributed by atoms with van der Waals surface area (Å²) in [4.78, 5) is 11.4. The van der Waals surface area contributed by atoms with Gasteiger partial charge in [-0.15, -0.1) is 24.0 Å². The third kappa shape index (κ3) is 6.58. The number of piperidine rings is 1. The summed E-state index contributed by atoms with van der Waals surface area (Å²) in [6.07, 6.45) is 3.69. The van der Waals surface area contributed by atoms with Crippen molar-refractivity contribution in [2.45, 2.75) is 45.4 Å². The van der Waals surface area contributed by atoms with Crippen molar-refractivity contribution in [2.75, 3.05) is 32.8 Å². The largest absolute Gasteiger partial charge is 0.491 e. The zero-order valence-corrected chi connectivity index (χ0v) is 19.9. The van der Waals surface area contributed by atoms with Crippen LogP contribution in [0.5, 0.6) is 5.75 Å². The van der Waals surface area contributed by atoms with Crippen molar-refractivity contribution >= 4 is 29.9 Å². The molecule has 7 nitrogen and oxygen atoms in total. The first-order chi connectivity index (χ1) is 13.7. The number of aromatic nitrogens is 3. The second-order valence-corrected chi connectivity index (χ2v) is 7.41. The fourth-order valence-electron chi connectivity index (χ4n) is 3.60. The highest BCUT2D eigenvalue weighted by molar-refractivity contribution is 14.0. The van der Waals surface area contributed by atoms with Crippen molar-refractivity contribution in [3.63, 3.8) is 0 Å². The number of benzene rings is 1. The molecule has 1 aromatic heterocycles. The van der Waals surface area contributed by atoms with Gasteiger partial charge in [-0.05, 0) is 37.3 Å². The van der Waals surface area contributed by atoms with E-state index >= 15 is 0 Å². The van der Waals surface area contributed by atoms with Gasteiger partial charge >= 0.3 is 0 Å². The maximum absolute atomic E-state index is 6.01. The minimum Gasteiger partial charge on any atom is -0.491 e. The predicted molar refractivity (Wildman–Crippen MR) is 127 cm³/mol. The SMILES string of the molecule is CCNC(=NCCOc1ccccc1C(C)C)N1CCC(c2ncn[nH]2)CC1.I. The smallest absolute Gasteiger partial charge is 0.194 e. The van der Waals surface area contributed by atoms with Crippen molar-refractivity contribution in [2.24, 2.45) is 4.99 Å². The van der Waals surface area contributed by atoms with E-state index < -0.39 is 0 Å². The summed E-state index contributed by atoms with van der Waals surface area (Å²) in [6.45, 7) is 10.5. The monoisotopic (exact) mass is 512 g/mol. The quantitative estimate of drug-likeness (QED) is 0.256. The van der Waals surface area contributed by atoms with Crippen LogP contribution in [0.25, 0.3) is 0 Å². The number of nitrogens with zero attached hydrogens (tertiary/aromatic N) is 4. The number of H-pyrrole nitrogens is 1. The van der Waals surface area contributed by atoms with Crippen LogP contribution in [-0.4, -0.2) is 58.8 Å². The molecular formula is C21H33IN6O. The molecule has 0 aliphatic carbocycles. The number of ether oxygens (including phenoxy) is 1. The number of likely N-dealkylation sites (tertiary alicyclic amines) is 1. The molecule has 0 atom stereocenters. The van der Waals surface area contributed by atoms with Crippen LogP contribution in [0.4, 0.5) is 0 Å². The van der Waals surface area contributed by atoms with Gasteiger partial charge < -0.3 is 15.0 Å². The molecule has 1 aliphatic heterocycles. The molecule has 160 valence electrons. The zero-order valence-electron chi connectivity index (χ0n) is 17.6. The molecule has 0 bridgehead atoms. The second-order valence-electron chi connectivity index (χ2n) is 7.41. The summed E-state index contributed by atoms with van der Waals surface area (Å²) >= 11 is 0. The lowest BCUT2D eigenvalue weighted by molar-refractivity contribution is 0.295. The fraction of sp³-hybridized carbons (Fsp3) is 0.571. The number of para-hydroxylation sites is 1. The average Bonchev–Trinajstić information content (AvgIpc) is 3.25. The highest BCUT2D eigenvalue weighted by Crippen LogP contribution is 2.26. The van der Waals surface area contributed by atoms with Gasteiger partial charge in [-0.25, -0.2) is 9.98 Å². The van der Waals surface area contributed by atoms with Gasteiger partial charge in [-0.1, -0.05) is 32.0 Å². The van der Waals surface area contributed by atoms with E-state index in [2.05, 4.69) is 58.3 Å². The molecule has 2 heterocycles. The minimum absolute atomic E-state index is 0. The van der Waals surface area contributed by atoms with Crippen molar-refractivity contribution < 1.29 is 4.74 Å². The number of rotatable bonds is 7. The van der Waals surface area contributed by atoms with Crippen LogP contribution in [0.3, 0.4) is 0 Å². The number of guanidine groups is 1. The van der Waals surface area contributed by atoms with Crippen LogP contribution in [0.2, 0.25) is 0 Å². The minimum atomic E-state index is 0. The Morgan fingerprint density at radius 3 is 2.72 bits per heavy atom. The molecule has 0 radical (unpaired) electrons. The van der Waals surface area contributed by atoms with Crippen molar-refractivity contribution in [3.8, 4) is 5.75 Å². The van der Waals surface area contributed by atoms with E-state index in [0.717, 1.165) is 50.0 Å². The Kier molecular flexibility index (Phi) is 9.69. The van der Waals surface area contributed by atoms with E-state index in [1.54, 1.807) is 6.33 Å². The highest BCUT2D eigenvalue weighted by atomic mass is 127. The predicted octanol–water partition coefficient (Wildman–Crippen LogP) is 3.77. The summed E-state index contributed by atoms with van der Waals surface area (Å²) in [5.74, 6) is 3.84. The maximum Gasteiger partial charge on any atom is 0.194 e. The van der Waals surface area contributed by atoms with Crippen LogP contribution in [0.1, 0.15) is 56.8 Å². The standard InChI is InChI=1S/C21H32N6O.HI/c1-4-22-21(27-12-9-17(10-13-27)20-24-15-25-26-20)23-11-14-28-19-8-6-5-7-18(19)16(2)3;/h5-8,15-17H,4,9-14H2,1-3H3,(H,22,23)(H,24,25,26);1H. The number of hydrogen-bond acceptors (Lipinski definition) is 4. The molecule has 1 aliphatic rings. The van der Waals surface area contributed by atoms with Crippen LogP contribution >= 0.6 is 24.0 Å². The Labute approximate surface area is 190 Å². The topological polar surface area (TPSA) is 78.4 Å². The first-order valence-electron chi connectivity index (χ1n) is 10.3. The number of halogens is 1. The molecule has 0 amide bonds. The lowest BCUT2D eigenvalue weighted by atomic mass is 9.96. The van der Waals surface area contributed by atoms with Crippen LogP contribution < -0.4 is 10.1 Å². The first kappa shape index (κ1) is 23.4. The molecule has 29 heavy (non-hydrogen) atoms. The lowest BCUT2D eigenvalue weighted by Crippen LogP contribution is -2.45. The molecule has 3 rings (SSSR count). The van der Waals surface area contributed by atoms with Crippen molar-refractivity contribution in [1.82, 2.24) is 25.4 Å². The lowest BCUT2D eigenvalue weighted by Gasteiger charge is -2.33. The third-order valence-electron chi connectivity index (χ3n) is 5.10. The van der Waals surface area contributed by atoms with E-state index in [1.807, 2.05) is 12.1 Å². The molecule has 2 aromatic rings. The van der Waals surface area contributed by atoms with E-state index in [1.165, 1.54) is 5.56 Å². The molecule has 0 spiro atoms. The van der Waals surface area contributed by atoms with Gasteiger partial charge in [-0.3, -0.25) is 5.10 Å². The van der Waals surface area contributed by atoms with Gasteiger partial charge in [0.1, 0.15) is 24.5 Å². The summed E-state index contributed by atoms with van der Waals surface area (Å²) in [6, 6.07) is 8.25. The van der Waals surface area contributed by atoms with Gasteiger partial charge in [0.15, 0.2) is 5.96 Å². The van der Waals surface area contributed by atoms with Gasteiger partial charge in [-0.2, -0.15) is 5.10 Å². The summed E-state index contributed by atoms with van der Waals surface area (Å²) in [5, 5.41) is 10.4.